The Kier molecular flexibility index (Phi) is 7.41. The van der Waals surface area contributed by atoms with Gasteiger partial charge in [0.15, 0.2) is 5.96 Å². The van der Waals surface area contributed by atoms with Crippen LogP contribution in [0.4, 0.5) is 13.2 Å². The largest absolute Gasteiger partial charge is 0.416 e. The summed E-state index contributed by atoms with van der Waals surface area (Å²) in [5.74, 6) is 0.827. The van der Waals surface area contributed by atoms with Crippen LogP contribution in [0.1, 0.15) is 24.1 Å². The third-order valence-electron chi connectivity index (χ3n) is 3.88. The topological polar surface area (TPSA) is 53.5 Å². The third kappa shape index (κ3) is 6.39. The van der Waals surface area contributed by atoms with Gasteiger partial charge < -0.3 is 10.6 Å². The van der Waals surface area contributed by atoms with E-state index in [1.165, 1.54) is 6.07 Å². The Balaban J connectivity index is 1.90. The normalized spacial score (nSPS) is 14.5. The van der Waals surface area contributed by atoms with E-state index in [-0.39, 0.29) is 6.04 Å². The molecule has 2 unspecified atom stereocenters. The summed E-state index contributed by atoms with van der Waals surface area (Å²) in [6.45, 7) is 2.17. The van der Waals surface area contributed by atoms with Crippen LogP contribution in [0.2, 0.25) is 0 Å². The number of hydrogen-bond donors (Lipinski definition) is 2. The second kappa shape index (κ2) is 9.55. The molecule has 0 fully saturated rings. The fraction of sp³-hybridized carbons (Fsp3) is 0.316. The van der Waals surface area contributed by atoms with Gasteiger partial charge in [-0.3, -0.25) is 9.20 Å². The predicted molar refractivity (Wildman–Crippen MR) is 102 cm³/mol. The molecule has 0 bridgehead atoms. The molecule has 0 spiro atoms. The van der Waals surface area contributed by atoms with Gasteiger partial charge in [0, 0.05) is 24.2 Å². The molecule has 2 atom stereocenters. The molecule has 2 rings (SSSR count). The SMILES string of the molecule is CN=C(NCCS(=O)c1ccccc1)NC(C)c1cccc(C(F)(F)F)c1. The second-order valence-corrected chi connectivity index (χ2v) is 7.42. The van der Waals surface area contributed by atoms with Gasteiger partial charge in [-0.15, -0.1) is 0 Å². The van der Waals surface area contributed by atoms with Crippen molar-refractivity contribution in [2.75, 3.05) is 19.3 Å². The highest BCUT2D eigenvalue weighted by Gasteiger charge is 2.30. The number of hydrogen-bond acceptors (Lipinski definition) is 2. The number of nitrogens with zero attached hydrogens (tertiary/aromatic N) is 1. The minimum atomic E-state index is -4.38. The molecule has 2 N–H and O–H groups in total. The highest BCUT2D eigenvalue weighted by molar-refractivity contribution is 7.85. The van der Waals surface area contributed by atoms with Gasteiger partial charge in [-0.2, -0.15) is 13.2 Å². The van der Waals surface area contributed by atoms with Crippen LogP contribution in [0.25, 0.3) is 0 Å². The van der Waals surface area contributed by atoms with E-state index >= 15 is 0 Å². The van der Waals surface area contributed by atoms with Gasteiger partial charge in [0.05, 0.1) is 22.4 Å². The molecule has 0 aliphatic carbocycles. The molecule has 0 aliphatic heterocycles. The van der Waals surface area contributed by atoms with Gasteiger partial charge in [-0.25, -0.2) is 0 Å². The fourth-order valence-corrected chi connectivity index (χ4v) is 3.40. The second-order valence-electron chi connectivity index (χ2n) is 5.85. The summed E-state index contributed by atoms with van der Waals surface area (Å²) in [7, 11) is 0.438. The molecule has 0 radical (unpaired) electrons. The zero-order valence-corrected chi connectivity index (χ0v) is 15.9. The van der Waals surface area contributed by atoms with Crippen LogP contribution >= 0.6 is 0 Å². The van der Waals surface area contributed by atoms with Crippen molar-refractivity contribution in [3.8, 4) is 0 Å². The molecule has 0 heterocycles. The van der Waals surface area contributed by atoms with E-state index in [4.69, 9.17) is 0 Å². The third-order valence-corrected chi connectivity index (χ3v) is 5.25. The summed E-state index contributed by atoms with van der Waals surface area (Å²) in [6.07, 6.45) is -4.38. The summed E-state index contributed by atoms with van der Waals surface area (Å²) in [5.41, 5.74) is -0.185. The number of aliphatic imine (C=N–C) groups is 1. The van der Waals surface area contributed by atoms with E-state index in [1.54, 1.807) is 32.2 Å². The van der Waals surface area contributed by atoms with E-state index in [1.807, 2.05) is 18.2 Å². The maximum absolute atomic E-state index is 12.9. The maximum atomic E-state index is 12.9. The first kappa shape index (κ1) is 21.0. The quantitative estimate of drug-likeness (QED) is 0.577. The van der Waals surface area contributed by atoms with Crippen molar-refractivity contribution in [3.63, 3.8) is 0 Å². The molecule has 0 aliphatic rings. The molecule has 27 heavy (non-hydrogen) atoms. The zero-order chi connectivity index (χ0) is 19.9. The Bertz CT molecular complexity index is 794. The number of guanidine groups is 1. The van der Waals surface area contributed by atoms with Crippen molar-refractivity contribution < 1.29 is 17.4 Å². The van der Waals surface area contributed by atoms with E-state index < -0.39 is 22.5 Å². The van der Waals surface area contributed by atoms with Gasteiger partial charge >= 0.3 is 6.18 Å². The number of alkyl halides is 3. The lowest BCUT2D eigenvalue weighted by molar-refractivity contribution is -0.137. The first-order chi connectivity index (χ1) is 12.8. The van der Waals surface area contributed by atoms with Crippen molar-refractivity contribution in [2.24, 2.45) is 4.99 Å². The minimum Gasteiger partial charge on any atom is -0.355 e. The van der Waals surface area contributed by atoms with Gasteiger partial charge in [-0.1, -0.05) is 30.3 Å². The molecular weight excluding hydrogens is 375 g/mol. The maximum Gasteiger partial charge on any atom is 0.416 e. The Morgan fingerprint density at radius 2 is 1.85 bits per heavy atom. The van der Waals surface area contributed by atoms with Crippen molar-refractivity contribution in [1.82, 2.24) is 10.6 Å². The predicted octanol–water partition coefficient (Wildman–Crippen LogP) is 3.74. The zero-order valence-electron chi connectivity index (χ0n) is 15.1. The first-order valence-corrected chi connectivity index (χ1v) is 9.71. The van der Waals surface area contributed by atoms with E-state index in [0.717, 1.165) is 17.0 Å². The Hall–Kier alpha value is -2.35. The number of benzene rings is 2. The summed E-state index contributed by atoms with van der Waals surface area (Å²) in [4.78, 5) is 4.82. The van der Waals surface area contributed by atoms with Gasteiger partial charge in [0.25, 0.3) is 0 Å². The highest BCUT2D eigenvalue weighted by Crippen LogP contribution is 2.30. The summed E-state index contributed by atoms with van der Waals surface area (Å²) < 4.78 is 50.8. The summed E-state index contributed by atoms with van der Waals surface area (Å²) >= 11 is 0. The van der Waals surface area contributed by atoms with Crippen molar-refractivity contribution >= 4 is 16.8 Å². The lowest BCUT2D eigenvalue weighted by Crippen LogP contribution is -2.40. The average Bonchev–Trinajstić information content (AvgIpc) is 2.67. The minimum absolute atomic E-state index is 0.377. The van der Waals surface area contributed by atoms with Crippen molar-refractivity contribution in [1.29, 1.82) is 0 Å². The monoisotopic (exact) mass is 397 g/mol. The van der Waals surface area contributed by atoms with Gasteiger partial charge in [0.1, 0.15) is 0 Å². The standard InChI is InChI=1S/C19H22F3N3OS/c1-14(15-7-6-8-16(13-15)19(20,21)22)25-18(23-2)24-11-12-27(26)17-9-4-3-5-10-17/h3-10,13-14H,11-12H2,1-2H3,(H2,23,24,25). The summed E-state index contributed by atoms with van der Waals surface area (Å²) in [6, 6.07) is 13.9. The molecule has 146 valence electrons. The lowest BCUT2D eigenvalue weighted by atomic mass is 10.1. The fourth-order valence-electron chi connectivity index (χ4n) is 2.42. The van der Waals surface area contributed by atoms with Crippen LogP contribution in [0.5, 0.6) is 0 Å². The summed E-state index contributed by atoms with van der Waals surface area (Å²) in [5, 5.41) is 6.09. The van der Waals surface area contributed by atoms with Crippen molar-refractivity contribution in [3.05, 3.63) is 65.7 Å². The lowest BCUT2D eigenvalue weighted by Gasteiger charge is -2.19. The smallest absolute Gasteiger partial charge is 0.355 e. The Labute approximate surface area is 159 Å². The molecular formula is C19H22F3N3OS. The molecule has 0 amide bonds. The van der Waals surface area contributed by atoms with Crippen LogP contribution in [0.3, 0.4) is 0 Å². The molecule has 0 saturated heterocycles. The molecule has 0 saturated carbocycles. The van der Waals surface area contributed by atoms with E-state index in [9.17, 15) is 17.4 Å². The number of halogens is 3. The van der Waals surface area contributed by atoms with Gasteiger partial charge in [0.2, 0.25) is 0 Å². The van der Waals surface area contributed by atoms with Crippen LogP contribution in [0.15, 0.2) is 64.5 Å². The molecule has 0 aromatic heterocycles. The van der Waals surface area contributed by atoms with Crippen LogP contribution < -0.4 is 10.6 Å². The number of rotatable bonds is 6. The van der Waals surface area contributed by atoms with E-state index in [0.29, 0.717) is 23.8 Å². The molecule has 8 heteroatoms. The number of nitrogens with one attached hydrogen (secondary N) is 2. The van der Waals surface area contributed by atoms with Gasteiger partial charge in [-0.05, 0) is 36.8 Å². The molecule has 2 aromatic carbocycles. The van der Waals surface area contributed by atoms with Crippen LogP contribution in [-0.2, 0) is 17.0 Å². The van der Waals surface area contributed by atoms with Crippen LogP contribution in [0, 0.1) is 0 Å². The molecule has 4 nitrogen and oxygen atoms in total. The highest BCUT2D eigenvalue weighted by atomic mass is 32.2. The van der Waals surface area contributed by atoms with Crippen molar-refractivity contribution in [2.45, 2.75) is 24.0 Å². The average molecular weight is 397 g/mol. The first-order valence-electron chi connectivity index (χ1n) is 8.39. The Morgan fingerprint density at radius 3 is 2.48 bits per heavy atom. The van der Waals surface area contributed by atoms with Crippen LogP contribution in [-0.4, -0.2) is 29.5 Å². The van der Waals surface area contributed by atoms with E-state index in [2.05, 4.69) is 15.6 Å². The Morgan fingerprint density at radius 1 is 1.15 bits per heavy atom. The molecule has 2 aromatic rings.